The van der Waals surface area contributed by atoms with Crippen LogP contribution in [0.15, 0.2) is 60.9 Å². The molecule has 122 valence electrons. The highest BCUT2D eigenvalue weighted by molar-refractivity contribution is 6.31. The zero-order valence-electron chi connectivity index (χ0n) is 12.9. The van der Waals surface area contributed by atoms with Crippen LogP contribution in [-0.2, 0) is 13.2 Å². The van der Waals surface area contributed by atoms with Crippen LogP contribution < -0.4 is 15.8 Å². The molecule has 0 aliphatic carbocycles. The van der Waals surface area contributed by atoms with Gasteiger partial charge >= 0.3 is 0 Å². The molecular weight excluding hydrogens is 324 g/mol. The fourth-order valence-corrected chi connectivity index (χ4v) is 2.35. The maximum atomic E-state index is 6.18. The molecule has 0 radical (unpaired) electrons. The predicted molar refractivity (Wildman–Crippen MR) is 95.4 cm³/mol. The second-order valence-corrected chi connectivity index (χ2v) is 5.50. The summed E-state index contributed by atoms with van der Waals surface area (Å²) in [5.74, 6) is 0.942. The Bertz CT molecular complexity index is 794. The average molecular weight is 341 g/mol. The van der Waals surface area contributed by atoms with Gasteiger partial charge in [-0.1, -0.05) is 54.1 Å². The topological polar surface area (TPSA) is 73.1 Å². The third-order valence-electron chi connectivity index (χ3n) is 3.44. The largest absolute Gasteiger partial charge is 0.482 e. The first-order valence-electron chi connectivity index (χ1n) is 7.49. The Morgan fingerprint density at radius 2 is 1.71 bits per heavy atom. The Morgan fingerprint density at radius 1 is 0.958 bits per heavy atom. The maximum absolute atomic E-state index is 6.18. The summed E-state index contributed by atoms with van der Waals surface area (Å²) in [5.41, 5.74) is 8.57. The SMILES string of the molecule is NCc1ccc(Nc2ncnc(Cl)c2OCc2ccccc2)cc1. The molecule has 5 nitrogen and oxygen atoms in total. The van der Waals surface area contributed by atoms with Gasteiger partial charge in [0.1, 0.15) is 12.9 Å². The number of anilines is 2. The molecule has 1 heterocycles. The summed E-state index contributed by atoms with van der Waals surface area (Å²) in [6.07, 6.45) is 1.40. The number of benzene rings is 2. The normalized spacial score (nSPS) is 10.4. The fraction of sp³-hybridized carbons (Fsp3) is 0.111. The molecule has 3 N–H and O–H groups in total. The smallest absolute Gasteiger partial charge is 0.199 e. The molecule has 24 heavy (non-hydrogen) atoms. The van der Waals surface area contributed by atoms with Crippen molar-refractivity contribution in [3.05, 3.63) is 77.2 Å². The van der Waals surface area contributed by atoms with E-state index in [2.05, 4.69) is 15.3 Å². The first-order chi connectivity index (χ1) is 11.8. The van der Waals surface area contributed by atoms with Crippen molar-refractivity contribution in [2.24, 2.45) is 5.73 Å². The maximum Gasteiger partial charge on any atom is 0.199 e. The zero-order chi connectivity index (χ0) is 16.8. The van der Waals surface area contributed by atoms with Crippen LogP contribution in [0.3, 0.4) is 0 Å². The second-order valence-electron chi connectivity index (χ2n) is 5.14. The van der Waals surface area contributed by atoms with Crippen molar-refractivity contribution >= 4 is 23.1 Å². The van der Waals surface area contributed by atoms with Crippen LogP contribution >= 0.6 is 11.6 Å². The summed E-state index contributed by atoms with van der Waals surface area (Å²) in [6.45, 7) is 0.889. The number of nitrogens with zero attached hydrogens (tertiary/aromatic N) is 2. The fourth-order valence-electron chi connectivity index (χ4n) is 2.16. The van der Waals surface area contributed by atoms with E-state index in [-0.39, 0.29) is 5.15 Å². The molecule has 0 atom stereocenters. The molecule has 6 heteroatoms. The van der Waals surface area contributed by atoms with E-state index in [1.165, 1.54) is 6.33 Å². The summed E-state index contributed by atoms with van der Waals surface area (Å²) in [7, 11) is 0. The van der Waals surface area contributed by atoms with E-state index < -0.39 is 0 Å². The molecule has 0 spiro atoms. The lowest BCUT2D eigenvalue weighted by atomic mass is 10.2. The van der Waals surface area contributed by atoms with Gasteiger partial charge in [-0.25, -0.2) is 9.97 Å². The summed E-state index contributed by atoms with van der Waals surface area (Å²) in [4.78, 5) is 8.23. The van der Waals surface area contributed by atoms with Crippen LogP contribution in [0.2, 0.25) is 5.15 Å². The van der Waals surface area contributed by atoms with Crippen LogP contribution in [0.25, 0.3) is 0 Å². The number of rotatable bonds is 6. The van der Waals surface area contributed by atoms with Crippen LogP contribution in [-0.4, -0.2) is 9.97 Å². The van der Waals surface area contributed by atoms with Crippen molar-refractivity contribution in [3.8, 4) is 5.75 Å². The molecule has 2 aromatic carbocycles. The van der Waals surface area contributed by atoms with E-state index in [0.29, 0.717) is 24.7 Å². The van der Waals surface area contributed by atoms with Crippen LogP contribution in [0, 0.1) is 0 Å². The van der Waals surface area contributed by atoms with Crippen LogP contribution in [0.4, 0.5) is 11.5 Å². The number of halogens is 1. The predicted octanol–water partition coefficient (Wildman–Crippen LogP) is 3.91. The number of aromatic nitrogens is 2. The van der Waals surface area contributed by atoms with Gasteiger partial charge < -0.3 is 15.8 Å². The molecule has 0 bridgehead atoms. The van der Waals surface area contributed by atoms with Gasteiger partial charge in [0.25, 0.3) is 0 Å². The molecule has 0 saturated carbocycles. The van der Waals surface area contributed by atoms with Crippen molar-refractivity contribution in [1.29, 1.82) is 0 Å². The van der Waals surface area contributed by atoms with Gasteiger partial charge in [0.2, 0.25) is 0 Å². The van der Waals surface area contributed by atoms with E-state index in [1.54, 1.807) is 0 Å². The summed E-state index contributed by atoms with van der Waals surface area (Å²) in [6, 6.07) is 17.6. The highest BCUT2D eigenvalue weighted by atomic mass is 35.5. The summed E-state index contributed by atoms with van der Waals surface area (Å²) >= 11 is 6.18. The summed E-state index contributed by atoms with van der Waals surface area (Å²) in [5, 5.41) is 3.47. The highest BCUT2D eigenvalue weighted by Crippen LogP contribution is 2.31. The molecule has 0 aliphatic rings. The van der Waals surface area contributed by atoms with Crippen molar-refractivity contribution < 1.29 is 4.74 Å². The number of ether oxygens (including phenoxy) is 1. The second kappa shape index (κ2) is 7.77. The monoisotopic (exact) mass is 340 g/mol. The van der Waals surface area contributed by atoms with Gasteiger partial charge in [0.15, 0.2) is 16.7 Å². The van der Waals surface area contributed by atoms with E-state index in [9.17, 15) is 0 Å². The highest BCUT2D eigenvalue weighted by Gasteiger charge is 2.12. The minimum atomic E-state index is 0.266. The third kappa shape index (κ3) is 4.01. The minimum Gasteiger partial charge on any atom is -0.482 e. The molecule has 0 saturated heterocycles. The molecular formula is C18H17ClN4O. The quantitative estimate of drug-likeness (QED) is 0.665. The van der Waals surface area contributed by atoms with Gasteiger partial charge in [-0.2, -0.15) is 0 Å². The standard InChI is InChI=1S/C18H17ClN4O/c19-17-16(24-11-14-4-2-1-3-5-14)18(22-12-21-17)23-15-8-6-13(10-20)7-9-15/h1-9,12H,10-11,20H2,(H,21,22,23). The molecule has 3 aromatic rings. The molecule has 0 amide bonds. The van der Waals surface area contributed by atoms with Gasteiger partial charge in [-0.05, 0) is 23.3 Å². The van der Waals surface area contributed by atoms with Gasteiger partial charge in [-0.3, -0.25) is 0 Å². The van der Waals surface area contributed by atoms with Crippen molar-refractivity contribution in [2.45, 2.75) is 13.2 Å². The van der Waals surface area contributed by atoms with Crippen molar-refractivity contribution in [1.82, 2.24) is 9.97 Å². The number of hydrogen-bond acceptors (Lipinski definition) is 5. The lowest BCUT2D eigenvalue weighted by Crippen LogP contribution is -2.03. The molecule has 1 aromatic heterocycles. The molecule has 0 aliphatic heterocycles. The lowest BCUT2D eigenvalue weighted by molar-refractivity contribution is 0.305. The van der Waals surface area contributed by atoms with Gasteiger partial charge in [0, 0.05) is 12.2 Å². The molecule has 0 unspecified atom stereocenters. The minimum absolute atomic E-state index is 0.266. The summed E-state index contributed by atoms with van der Waals surface area (Å²) < 4.78 is 5.83. The molecule has 0 fully saturated rings. The Labute approximate surface area is 145 Å². The number of nitrogens with one attached hydrogen (secondary N) is 1. The van der Waals surface area contributed by atoms with Crippen LogP contribution in [0.5, 0.6) is 5.75 Å². The van der Waals surface area contributed by atoms with Gasteiger partial charge in [0.05, 0.1) is 0 Å². The third-order valence-corrected chi connectivity index (χ3v) is 3.71. The van der Waals surface area contributed by atoms with Crippen molar-refractivity contribution in [2.75, 3.05) is 5.32 Å². The Kier molecular flexibility index (Phi) is 5.25. The van der Waals surface area contributed by atoms with E-state index in [1.807, 2.05) is 54.6 Å². The van der Waals surface area contributed by atoms with Crippen LogP contribution in [0.1, 0.15) is 11.1 Å². The van der Waals surface area contributed by atoms with Crippen molar-refractivity contribution in [3.63, 3.8) is 0 Å². The average Bonchev–Trinajstić information content (AvgIpc) is 2.63. The van der Waals surface area contributed by atoms with E-state index >= 15 is 0 Å². The Hall–Kier alpha value is -2.63. The molecule has 3 rings (SSSR count). The van der Waals surface area contributed by atoms with E-state index in [4.69, 9.17) is 22.1 Å². The lowest BCUT2D eigenvalue weighted by Gasteiger charge is -2.13. The number of hydrogen-bond donors (Lipinski definition) is 2. The number of nitrogens with two attached hydrogens (primary N) is 1. The zero-order valence-corrected chi connectivity index (χ0v) is 13.7. The first kappa shape index (κ1) is 16.2. The Morgan fingerprint density at radius 3 is 2.42 bits per heavy atom. The van der Waals surface area contributed by atoms with Gasteiger partial charge in [-0.15, -0.1) is 0 Å². The van der Waals surface area contributed by atoms with E-state index in [0.717, 1.165) is 16.8 Å². The first-order valence-corrected chi connectivity index (χ1v) is 7.87. The Balaban J connectivity index is 1.78.